The Morgan fingerprint density at radius 3 is 2.80 bits per heavy atom. The SMILES string of the molecule is COc1ccc(-c2csc(NC(=O)CSc3n[nH]c(-c4cccs4)n3)n2)cc1OC. The summed E-state index contributed by atoms with van der Waals surface area (Å²) < 4.78 is 10.6. The molecule has 0 aliphatic rings. The van der Waals surface area contributed by atoms with Crippen molar-refractivity contribution in [2.24, 2.45) is 0 Å². The van der Waals surface area contributed by atoms with E-state index >= 15 is 0 Å². The fourth-order valence-corrected chi connectivity index (χ4v) is 4.58. The van der Waals surface area contributed by atoms with Gasteiger partial charge in [0, 0.05) is 10.9 Å². The van der Waals surface area contributed by atoms with Crippen LogP contribution in [0.3, 0.4) is 0 Å². The monoisotopic (exact) mass is 459 g/mol. The van der Waals surface area contributed by atoms with E-state index in [0.29, 0.717) is 27.6 Å². The molecule has 0 radical (unpaired) electrons. The Balaban J connectivity index is 1.35. The van der Waals surface area contributed by atoms with Crippen molar-refractivity contribution in [1.82, 2.24) is 20.2 Å². The highest BCUT2D eigenvalue weighted by Crippen LogP contribution is 2.33. The van der Waals surface area contributed by atoms with Crippen molar-refractivity contribution >= 4 is 45.5 Å². The lowest BCUT2D eigenvalue weighted by Crippen LogP contribution is -2.13. The third kappa shape index (κ3) is 4.64. The number of hydrogen-bond acceptors (Lipinski definition) is 9. The number of thiazole rings is 1. The first-order valence-electron chi connectivity index (χ1n) is 8.73. The van der Waals surface area contributed by atoms with Crippen molar-refractivity contribution in [1.29, 1.82) is 0 Å². The van der Waals surface area contributed by atoms with Gasteiger partial charge in [-0.15, -0.1) is 27.8 Å². The summed E-state index contributed by atoms with van der Waals surface area (Å²) in [6.07, 6.45) is 0. The number of nitrogens with zero attached hydrogens (tertiary/aromatic N) is 3. The molecule has 0 spiro atoms. The van der Waals surface area contributed by atoms with E-state index in [1.165, 1.54) is 23.1 Å². The highest BCUT2D eigenvalue weighted by Gasteiger charge is 2.13. The van der Waals surface area contributed by atoms with Gasteiger partial charge < -0.3 is 14.8 Å². The number of thiophene rings is 1. The molecule has 0 bridgehead atoms. The summed E-state index contributed by atoms with van der Waals surface area (Å²) in [7, 11) is 3.18. The molecule has 1 amide bonds. The maximum atomic E-state index is 12.3. The number of H-pyrrole nitrogens is 1. The molecule has 3 aromatic heterocycles. The largest absolute Gasteiger partial charge is 0.493 e. The average Bonchev–Trinajstić information content (AvgIpc) is 3.53. The Labute approximate surface area is 184 Å². The predicted molar refractivity (Wildman–Crippen MR) is 120 cm³/mol. The number of aromatic amines is 1. The van der Waals surface area contributed by atoms with Crippen LogP contribution in [0.2, 0.25) is 0 Å². The van der Waals surface area contributed by atoms with Crippen molar-refractivity contribution in [3.8, 4) is 33.5 Å². The van der Waals surface area contributed by atoms with E-state index in [1.807, 2.05) is 41.1 Å². The van der Waals surface area contributed by atoms with Gasteiger partial charge in [0.2, 0.25) is 11.1 Å². The van der Waals surface area contributed by atoms with Crippen LogP contribution >= 0.6 is 34.4 Å². The van der Waals surface area contributed by atoms with E-state index in [9.17, 15) is 4.79 Å². The van der Waals surface area contributed by atoms with E-state index in [-0.39, 0.29) is 11.7 Å². The van der Waals surface area contributed by atoms with E-state index in [1.54, 1.807) is 25.6 Å². The Morgan fingerprint density at radius 1 is 1.17 bits per heavy atom. The maximum Gasteiger partial charge on any atom is 0.236 e. The number of nitrogens with one attached hydrogen (secondary N) is 2. The second-order valence-electron chi connectivity index (χ2n) is 5.89. The van der Waals surface area contributed by atoms with Crippen LogP contribution in [0.15, 0.2) is 46.2 Å². The lowest BCUT2D eigenvalue weighted by Gasteiger charge is -2.08. The maximum absolute atomic E-state index is 12.3. The van der Waals surface area contributed by atoms with Crippen LogP contribution in [0.5, 0.6) is 11.5 Å². The van der Waals surface area contributed by atoms with Crippen molar-refractivity contribution < 1.29 is 14.3 Å². The second kappa shape index (κ2) is 9.28. The first kappa shape index (κ1) is 20.4. The van der Waals surface area contributed by atoms with Crippen LogP contribution in [-0.2, 0) is 4.79 Å². The number of aromatic nitrogens is 4. The number of methoxy groups -OCH3 is 2. The van der Waals surface area contributed by atoms with E-state index in [0.717, 1.165) is 16.1 Å². The number of thioether (sulfide) groups is 1. The molecule has 0 saturated heterocycles. The fourth-order valence-electron chi connectivity index (χ4n) is 2.58. The van der Waals surface area contributed by atoms with Gasteiger partial charge in [0.25, 0.3) is 0 Å². The molecule has 0 aliphatic carbocycles. The van der Waals surface area contributed by atoms with Crippen LogP contribution in [-0.4, -0.2) is 46.0 Å². The first-order chi connectivity index (χ1) is 14.7. The minimum atomic E-state index is -0.171. The molecule has 11 heteroatoms. The topological polar surface area (TPSA) is 102 Å². The molecule has 0 fully saturated rings. The molecule has 1 aromatic carbocycles. The summed E-state index contributed by atoms with van der Waals surface area (Å²) in [6.45, 7) is 0. The highest BCUT2D eigenvalue weighted by molar-refractivity contribution is 7.99. The van der Waals surface area contributed by atoms with Crippen molar-refractivity contribution in [2.45, 2.75) is 5.16 Å². The molecule has 30 heavy (non-hydrogen) atoms. The van der Waals surface area contributed by atoms with Crippen LogP contribution in [0, 0.1) is 0 Å². The molecule has 0 unspecified atom stereocenters. The number of rotatable bonds is 8. The minimum Gasteiger partial charge on any atom is -0.493 e. The Bertz CT molecular complexity index is 1140. The average molecular weight is 460 g/mol. The van der Waals surface area contributed by atoms with Gasteiger partial charge in [-0.25, -0.2) is 9.97 Å². The molecule has 2 N–H and O–H groups in total. The summed E-state index contributed by atoms with van der Waals surface area (Å²) in [5.41, 5.74) is 1.62. The first-order valence-corrected chi connectivity index (χ1v) is 11.5. The van der Waals surface area contributed by atoms with Gasteiger partial charge in [0.05, 0.1) is 30.5 Å². The molecule has 0 atom stereocenters. The van der Waals surface area contributed by atoms with Crippen LogP contribution in [0.4, 0.5) is 5.13 Å². The van der Waals surface area contributed by atoms with Gasteiger partial charge in [-0.05, 0) is 29.6 Å². The summed E-state index contributed by atoms with van der Waals surface area (Å²) in [4.78, 5) is 22.2. The zero-order valence-electron chi connectivity index (χ0n) is 16.0. The minimum absolute atomic E-state index is 0.171. The third-order valence-electron chi connectivity index (χ3n) is 3.98. The van der Waals surface area contributed by atoms with Crippen molar-refractivity contribution in [3.05, 3.63) is 41.1 Å². The molecule has 4 aromatic rings. The summed E-state index contributed by atoms with van der Waals surface area (Å²) in [6, 6.07) is 9.48. The number of amides is 1. The van der Waals surface area contributed by atoms with Crippen LogP contribution < -0.4 is 14.8 Å². The Kier molecular flexibility index (Phi) is 6.31. The third-order valence-corrected chi connectivity index (χ3v) is 6.46. The van der Waals surface area contributed by atoms with Gasteiger partial charge in [-0.3, -0.25) is 9.89 Å². The van der Waals surface area contributed by atoms with Crippen molar-refractivity contribution in [2.75, 3.05) is 25.3 Å². The molecule has 154 valence electrons. The molecule has 0 aliphatic heterocycles. The van der Waals surface area contributed by atoms with E-state index in [2.05, 4.69) is 25.5 Å². The Hall–Kier alpha value is -2.89. The van der Waals surface area contributed by atoms with Gasteiger partial charge in [-0.2, -0.15) is 0 Å². The number of ether oxygens (including phenoxy) is 2. The summed E-state index contributed by atoms with van der Waals surface area (Å²) >= 11 is 4.20. The van der Waals surface area contributed by atoms with E-state index < -0.39 is 0 Å². The molecule has 4 rings (SSSR count). The zero-order valence-corrected chi connectivity index (χ0v) is 18.5. The quantitative estimate of drug-likeness (QED) is 0.376. The van der Waals surface area contributed by atoms with Gasteiger partial charge in [0.1, 0.15) is 0 Å². The summed E-state index contributed by atoms with van der Waals surface area (Å²) in [5, 5.41) is 14.8. The number of anilines is 1. The molecular weight excluding hydrogens is 442 g/mol. The van der Waals surface area contributed by atoms with Crippen LogP contribution in [0.1, 0.15) is 0 Å². The predicted octanol–water partition coefficient (Wildman–Crippen LogP) is 4.40. The van der Waals surface area contributed by atoms with Gasteiger partial charge >= 0.3 is 0 Å². The normalized spacial score (nSPS) is 10.7. The number of carbonyl (C=O) groups is 1. The number of benzene rings is 1. The Morgan fingerprint density at radius 2 is 2.03 bits per heavy atom. The molecule has 0 saturated carbocycles. The molecular formula is C19H17N5O3S3. The van der Waals surface area contributed by atoms with Crippen LogP contribution in [0.25, 0.3) is 22.0 Å². The second-order valence-corrected chi connectivity index (χ2v) is 8.64. The van der Waals surface area contributed by atoms with Gasteiger partial charge in [-0.1, -0.05) is 17.8 Å². The van der Waals surface area contributed by atoms with Gasteiger partial charge in [0.15, 0.2) is 22.5 Å². The number of hydrogen-bond donors (Lipinski definition) is 2. The number of carbonyl (C=O) groups excluding carboxylic acids is 1. The molecule has 8 nitrogen and oxygen atoms in total. The fraction of sp³-hybridized carbons (Fsp3) is 0.158. The van der Waals surface area contributed by atoms with Crippen molar-refractivity contribution in [3.63, 3.8) is 0 Å². The highest BCUT2D eigenvalue weighted by atomic mass is 32.2. The summed E-state index contributed by atoms with van der Waals surface area (Å²) in [5.74, 6) is 1.99. The standard InChI is InChI=1S/C19H17N5O3S3/c1-26-13-6-5-11(8-14(13)27-2)12-9-29-18(20-12)21-16(25)10-30-19-22-17(23-24-19)15-4-3-7-28-15/h3-9H,10H2,1-2H3,(H,20,21,25)(H,22,23,24). The smallest absolute Gasteiger partial charge is 0.236 e. The lowest BCUT2D eigenvalue weighted by atomic mass is 10.1. The molecule has 3 heterocycles. The zero-order chi connectivity index (χ0) is 20.9. The van der Waals surface area contributed by atoms with E-state index in [4.69, 9.17) is 9.47 Å². The lowest BCUT2D eigenvalue weighted by molar-refractivity contribution is -0.113.